The number of thioether (sulfide) groups is 1. The molecular formula is C19H34OS. The molecule has 1 N–H and O–H groups in total. The van der Waals surface area contributed by atoms with E-state index in [9.17, 15) is 5.11 Å². The monoisotopic (exact) mass is 310 g/mol. The van der Waals surface area contributed by atoms with Crippen LogP contribution in [0.4, 0.5) is 0 Å². The van der Waals surface area contributed by atoms with Gasteiger partial charge >= 0.3 is 0 Å². The summed E-state index contributed by atoms with van der Waals surface area (Å²) in [4.78, 5) is 0. The van der Waals surface area contributed by atoms with Gasteiger partial charge in [-0.25, -0.2) is 0 Å². The maximum atomic E-state index is 9.35. The van der Waals surface area contributed by atoms with Crippen molar-refractivity contribution in [3.8, 4) is 0 Å². The third-order valence-corrected chi connectivity index (χ3v) is 6.80. The van der Waals surface area contributed by atoms with Crippen LogP contribution in [0.25, 0.3) is 0 Å². The van der Waals surface area contributed by atoms with Crippen LogP contribution in [0.3, 0.4) is 0 Å². The molecular weight excluding hydrogens is 276 g/mol. The Morgan fingerprint density at radius 3 is 2.71 bits per heavy atom. The molecule has 5 atom stereocenters. The zero-order valence-corrected chi connectivity index (χ0v) is 14.8. The largest absolute Gasteiger partial charge is 0.396 e. The number of aliphatic hydroxyl groups is 1. The number of rotatable bonds is 10. The second-order valence-corrected chi connectivity index (χ2v) is 8.48. The van der Waals surface area contributed by atoms with Crippen molar-refractivity contribution in [3.05, 3.63) is 12.2 Å². The third-order valence-electron chi connectivity index (χ3n) is 5.64. The SMILES string of the molecule is CCCCC[C@@H](/C=C/[C@@H]1[C@H]2CC[C@H](C2)[C@H]1CCO)SCC. The summed E-state index contributed by atoms with van der Waals surface area (Å²) in [7, 11) is 0. The molecule has 2 rings (SSSR count). The average Bonchev–Trinajstić information content (AvgIpc) is 3.07. The van der Waals surface area contributed by atoms with Gasteiger partial charge in [0, 0.05) is 11.9 Å². The molecule has 122 valence electrons. The van der Waals surface area contributed by atoms with E-state index in [1.165, 1.54) is 50.7 Å². The van der Waals surface area contributed by atoms with E-state index in [4.69, 9.17) is 0 Å². The van der Waals surface area contributed by atoms with E-state index in [0.29, 0.717) is 6.61 Å². The molecule has 0 aliphatic heterocycles. The van der Waals surface area contributed by atoms with Gasteiger partial charge in [0.25, 0.3) is 0 Å². The summed E-state index contributed by atoms with van der Waals surface area (Å²) in [6.07, 6.45) is 15.8. The van der Waals surface area contributed by atoms with Crippen LogP contribution in [-0.2, 0) is 0 Å². The highest BCUT2D eigenvalue weighted by Gasteiger charge is 2.45. The zero-order chi connectivity index (χ0) is 15.1. The molecule has 2 aliphatic carbocycles. The van der Waals surface area contributed by atoms with Gasteiger partial charge in [0.15, 0.2) is 0 Å². The Kier molecular flexibility index (Phi) is 7.66. The summed E-state index contributed by atoms with van der Waals surface area (Å²) in [6.45, 7) is 4.94. The van der Waals surface area contributed by atoms with Crippen molar-refractivity contribution >= 4 is 11.8 Å². The first-order valence-corrected chi connectivity index (χ1v) is 10.3. The fourth-order valence-electron chi connectivity index (χ4n) is 4.63. The van der Waals surface area contributed by atoms with E-state index in [-0.39, 0.29) is 0 Å². The Morgan fingerprint density at radius 1 is 1.19 bits per heavy atom. The predicted octanol–water partition coefficient (Wildman–Crippen LogP) is 5.29. The molecule has 2 saturated carbocycles. The molecule has 1 nitrogen and oxygen atoms in total. The van der Waals surface area contributed by atoms with Crippen molar-refractivity contribution in [3.63, 3.8) is 0 Å². The molecule has 0 aromatic carbocycles. The summed E-state index contributed by atoms with van der Waals surface area (Å²) in [5.41, 5.74) is 0. The van der Waals surface area contributed by atoms with Crippen LogP contribution in [0.5, 0.6) is 0 Å². The third kappa shape index (κ3) is 4.76. The van der Waals surface area contributed by atoms with Gasteiger partial charge in [0.1, 0.15) is 0 Å². The van der Waals surface area contributed by atoms with Gasteiger partial charge in [-0.3, -0.25) is 0 Å². The van der Waals surface area contributed by atoms with Crippen molar-refractivity contribution in [2.45, 2.75) is 70.5 Å². The number of hydrogen-bond acceptors (Lipinski definition) is 2. The van der Waals surface area contributed by atoms with E-state index in [1.54, 1.807) is 0 Å². The molecule has 0 spiro atoms. The van der Waals surface area contributed by atoms with E-state index in [0.717, 1.165) is 35.3 Å². The topological polar surface area (TPSA) is 20.2 Å². The standard InChI is InChI=1S/C19H34OS/c1-3-5-6-7-17(21-4-2)10-11-18-15-8-9-16(14-15)19(18)12-13-20/h10-11,15-20H,3-9,12-14H2,1-2H3/b11-10+/t15-,16+,17-,18+,19+/m0/s1. The quantitative estimate of drug-likeness (QED) is 0.437. The second-order valence-electron chi connectivity index (χ2n) is 6.96. The molecule has 2 heteroatoms. The fraction of sp³-hybridized carbons (Fsp3) is 0.895. The smallest absolute Gasteiger partial charge is 0.0433 e. The van der Waals surface area contributed by atoms with E-state index in [2.05, 4.69) is 37.8 Å². The molecule has 0 radical (unpaired) electrons. The number of unbranched alkanes of at least 4 members (excludes halogenated alkanes) is 2. The zero-order valence-electron chi connectivity index (χ0n) is 14.0. The van der Waals surface area contributed by atoms with Gasteiger partial charge in [-0.1, -0.05) is 45.3 Å². The first-order valence-electron chi connectivity index (χ1n) is 9.20. The van der Waals surface area contributed by atoms with Crippen molar-refractivity contribution < 1.29 is 5.11 Å². The van der Waals surface area contributed by atoms with Crippen molar-refractivity contribution in [2.75, 3.05) is 12.4 Å². The molecule has 2 fully saturated rings. The molecule has 0 heterocycles. The minimum Gasteiger partial charge on any atom is -0.396 e. The molecule has 0 aromatic heterocycles. The van der Waals surface area contributed by atoms with Gasteiger partial charge in [-0.05, 0) is 61.5 Å². The van der Waals surface area contributed by atoms with Crippen molar-refractivity contribution in [2.24, 2.45) is 23.7 Å². The summed E-state index contributed by atoms with van der Waals surface area (Å²) in [5, 5.41) is 10.1. The van der Waals surface area contributed by atoms with Crippen LogP contribution in [0.2, 0.25) is 0 Å². The Bertz CT molecular complexity index is 315. The molecule has 2 bridgehead atoms. The lowest BCUT2D eigenvalue weighted by atomic mass is 9.77. The highest BCUT2D eigenvalue weighted by atomic mass is 32.2. The lowest BCUT2D eigenvalue weighted by Crippen LogP contribution is -2.22. The lowest BCUT2D eigenvalue weighted by molar-refractivity contribution is 0.190. The van der Waals surface area contributed by atoms with Crippen molar-refractivity contribution in [1.29, 1.82) is 0 Å². The summed E-state index contributed by atoms with van der Waals surface area (Å²) >= 11 is 2.11. The van der Waals surface area contributed by atoms with Crippen LogP contribution >= 0.6 is 11.8 Å². The lowest BCUT2D eigenvalue weighted by Gasteiger charge is -2.29. The summed E-state index contributed by atoms with van der Waals surface area (Å²) < 4.78 is 0. The highest BCUT2D eigenvalue weighted by Crippen LogP contribution is 2.54. The van der Waals surface area contributed by atoms with Crippen molar-refractivity contribution in [1.82, 2.24) is 0 Å². The molecule has 0 amide bonds. The van der Waals surface area contributed by atoms with Crippen LogP contribution in [0.15, 0.2) is 12.2 Å². The first kappa shape index (κ1) is 17.4. The average molecular weight is 311 g/mol. The Hall–Kier alpha value is 0.0500. The van der Waals surface area contributed by atoms with Gasteiger partial charge in [0.2, 0.25) is 0 Å². The molecule has 2 aliphatic rings. The molecule has 0 saturated heterocycles. The van der Waals surface area contributed by atoms with Gasteiger partial charge in [-0.2, -0.15) is 11.8 Å². The fourth-order valence-corrected chi connectivity index (χ4v) is 5.59. The van der Waals surface area contributed by atoms with Crippen LogP contribution in [0, 0.1) is 23.7 Å². The number of allylic oxidation sites excluding steroid dienone is 1. The van der Waals surface area contributed by atoms with Gasteiger partial charge < -0.3 is 5.11 Å². The second kappa shape index (κ2) is 9.25. The van der Waals surface area contributed by atoms with Gasteiger partial charge in [-0.15, -0.1) is 0 Å². The molecule has 0 unspecified atom stereocenters. The predicted molar refractivity (Wildman–Crippen MR) is 94.7 cm³/mol. The van der Waals surface area contributed by atoms with Gasteiger partial charge in [0.05, 0.1) is 0 Å². The Labute approximate surface area is 136 Å². The molecule has 21 heavy (non-hydrogen) atoms. The van der Waals surface area contributed by atoms with E-state index in [1.807, 2.05) is 0 Å². The molecule has 0 aromatic rings. The normalized spacial score (nSPS) is 33.1. The first-order chi connectivity index (χ1) is 10.3. The maximum absolute atomic E-state index is 9.35. The minimum absolute atomic E-state index is 0.377. The maximum Gasteiger partial charge on any atom is 0.0433 e. The Morgan fingerprint density at radius 2 is 2.00 bits per heavy atom. The van der Waals surface area contributed by atoms with Crippen LogP contribution < -0.4 is 0 Å². The number of fused-ring (bicyclic) bond motifs is 2. The number of aliphatic hydroxyl groups excluding tert-OH is 1. The van der Waals surface area contributed by atoms with Crippen LogP contribution in [0.1, 0.15) is 65.2 Å². The highest BCUT2D eigenvalue weighted by molar-refractivity contribution is 8.00. The van der Waals surface area contributed by atoms with Crippen LogP contribution in [-0.4, -0.2) is 22.7 Å². The summed E-state index contributed by atoms with van der Waals surface area (Å²) in [6, 6.07) is 0. The van der Waals surface area contributed by atoms with E-state index < -0.39 is 0 Å². The minimum atomic E-state index is 0.377. The Balaban J connectivity index is 1.89. The summed E-state index contributed by atoms with van der Waals surface area (Å²) in [5.74, 6) is 4.59. The number of hydrogen-bond donors (Lipinski definition) is 1. The van der Waals surface area contributed by atoms with E-state index >= 15 is 0 Å².